The highest BCUT2D eigenvalue weighted by Gasteiger charge is 2.20. The quantitative estimate of drug-likeness (QED) is 0.586. The normalized spacial score (nSPS) is 12.0. The van der Waals surface area contributed by atoms with Gasteiger partial charge in [0.15, 0.2) is 0 Å². The molecule has 0 saturated heterocycles. The minimum Gasteiger partial charge on any atom is -0.336 e. The van der Waals surface area contributed by atoms with E-state index in [1.165, 1.54) is 0 Å². The second-order valence-corrected chi connectivity index (χ2v) is 4.69. The van der Waals surface area contributed by atoms with E-state index in [0.717, 1.165) is 25.8 Å². The topological polar surface area (TPSA) is 71.2 Å². The Kier molecular flexibility index (Phi) is 6.29. The molecule has 5 nitrogen and oxygen atoms in total. The molecule has 0 radical (unpaired) electrons. The summed E-state index contributed by atoms with van der Waals surface area (Å²) < 4.78 is 0. The lowest BCUT2D eigenvalue weighted by Crippen LogP contribution is -2.39. The van der Waals surface area contributed by atoms with Gasteiger partial charge in [-0.3, -0.25) is 4.79 Å². The zero-order chi connectivity index (χ0) is 14.3. The van der Waals surface area contributed by atoms with Crippen LogP contribution in [-0.4, -0.2) is 28.4 Å². The minimum atomic E-state index is 0.0406. The van der Waals surface area contributed by atoms with Crippen LogP contribution in [0.5, 0.6) is 0 Å². The van der Waals surface area contributed by atoms with Crippen molar-refractivity contribution in [2.24, 2.45) is 5.84 Å². The molecule has 0 saturated carbocycles. The maximum absolute atomic E-state index is 12.5. The van der Waals surface area contributed by atoms with E-state index in [-0.39, 0.29) is 11.9 Å². The second-order valence-electron chi connectivity index (χ2n) is 4.69. The number of anilines is 1. The summed E-state index contributed by atoms with van der Waals surface area (Å²) in [6.07, 6.45) is 4.62. The molecule has 0 spiro atoms. The van der Waals surface area contributed by atoms with Crippen molar-refractivity contribution in [1.82, 2.24) is 9.88 Å². The predicted octanol–water partition coefficient (Wildman–Crippen LogP) is 2.41. The Morgan fingerprint density at radius 1 is 1.47 bits per heavy atom. The summed E-state index contributed by atoms with van der Waals surface area (Å²) in [6.45, 7) is 7.09. The molecule has 1 heterocycles. The largest absolute Gasteiger partial charge is 0.336 e. The molecule has 0 aliphatic heterocycles. The van der Waals surface area contributed by atoms with E-state index in [4.69, 9.17) is 5.84 Å². The molecular weight excluding hydrogens is 240 g/mol. The van der Waals surface area contributed by atoms with Gasteiger partial charge in [0.05, 0.1) is 5.56 Å². The molecule has 0 aliphatic carbocycles. The third-order valence-electron chi connectivity index (χ3n) is 3.29. The molecule has 1 atom stereocenters. The van der Waals surface area contributed by atoms with Crippen LogP contribution in [0.15, 0.2) is 18.3 Å². The minimum absolute atomic E-state index is 0.0406. The van der Waals surface area contributed by atoms with Crippen LogP contribution in [-0.2, 0) is 0 Å². The fourth-order valence-corrected chi connectivity index (χ4v) is 1.84. The van der Waals surface area contributed by atoms with Crippen molar-refractivity contribution < 1.29 is 4.79 Å². The monoisotopic (exact) mass is 264 g/mol. The molecule has 0 bridgehead atoms. The number of pyridine rings is 1. The SMILES string of the molecule is CCCCN(C(=O)c1ccc(NN)nc1)C(C)CC. The molecule has 1 aromatic heterocycles. The van der Waals surface area contributed by atoms with Gasteiger partial charge in [-0.2, -0.15) is 0 Å². The molecular formula is C14H24N4O. The first-order valence-corrected chi connectivity index (χ1v) is 6.87. The Bertz CT molecular complexity index is 391. The maximum Gasteiger partial charge on any atom is 0.255 e. The van der Waals surface area contributed by atoms with Crippen molar-refractivity contribution >= 4 is 11.7 Å². The number of aromatic nitrogens is 1. The molecule has 3 N–H and O–H groups in total. The number of hydrogen-bond donors (Lipinski definition) is 2. The van der Waals surface area contributed by atoms with Crippen LogP contribution < -0.4 is 11.3 Å². The summed E-state index contributed by atoms with van der Waals surface area (Å²) in [5, 5.41) is 0. The highest BCUT2D eigenvalue weighted by atomic mass is 16.2. The summed E-state index contributed by atoms with van der Waals surface area (Å²) in [5.74, 6) is 5.86. The van der Waals surface area contributed by atoms with Crippen LogP contribution in [0.3, 0.4) is 0 Å². The lowest BCUT2D eigenvalue weighted by atomic mass is 10.1. The van der Waals surface area contributed by atoms with Crippen molar-refractivity contribution in [3.8, 4) is 0 Å². The number of carbonyl (C=O) groups is 1. The average Bonchev–Trinajstić information content (AvgIpc) is 2.47. The first kappa shape index (κ1) is 15.4. The van der Waals surface area contributed by atoms with Gasteiger partial charge in [0.1, 0.15) is 5.82 Å². The van der Waals surface area contributed by atoms with Crippen LogP contribution >= 0.6 is 0 Å². The van der Waals surface area contributed by atoms with E-state index in [1.54, 1.807) is 18.3 Å². The number of carbonyl (C=O) groups excluding carboxylic acids is 1. The third-order valence-corrected chi connectivity index (χ3v) is 3.29. The number of unbranched alkanes of at least 4 members (excludes halogenated alkanes) is 1. The lowest BCUT2D eigenvalue weighted by Gasteiger charge is -2.28. The lowest BCUT2D eigenvalue weighted by molar-refractivity contribution is 0.0685. The Hall–Kier alpha value is -1.62. The van der Waals surface area contributed by atoms with E-state index in [1.807, 2.05) is 4.90 Å². The van der Waals surface area contributed by atoms with Crippen LogP contribution in [0.1, 0.15) is 50.4 Å². The predicted molar refractivity (Wildman–Crippen MR) is 77.7 cm³/mol. The van der Waals surface area contributed by atoms with E-state index >= 15 is 0 Å². The standard InChI is InChI=1S/C14H24N4O/c1-4-6-9-18(11(3)5-2)14(19)12-7-8-13(17-15)16-10-12/h7-8,10-11H,4-6,9,15H2,1-3H3,(H,16,17). The van der Waals surface area contributed by atoms with Crippen LogP contribution in [0.4, 0.5) is 5.82 Å². The van der Waals surface area contributed by atoms with Gasteiger partial charge < -0.3 is 10.3 Å². The smallest absolute Gasteiger partial charge is 0.255 e. The highest BCUT2D eigenvalue weighted by Crippen LogP contribution is 2.13. The summed E-state index contributed by atoms with van der Waals surface area (Å²) >= 11 is 0. The first-order valence-electron chi connectivity index (χ1n) is 6.87. The number of nitrogens with two attached hydrogens (primary N) is 1. The van der Waals surface area contributed by atoms with Crippen LogP contribution in [0, 0.1) is 0 Å². The Balaban J connectivity index is 2.84. The van der Waals surface area contributed by atoms with E-state index in [2.05, 4.69) is 31.2 Å². The van der Waals surface area contributed by atoms with Gasteiger partial charge >= 0.3 is 0 Å². The van der Waals surface area contributed by atoms with E-state index in [9.17, 15) is 4.79 Å². The number of rotatable bonds is 7. The van der Waals surface area contributed by atoms with Crippen molar-refractivity contribution in [1.29, 1.82) is 0 Å². The summed E-state index contributed by atoms with van der Waals surface area (Å²) in [5.41, 5.74) is 3.06. The summed E-state index contributed by atoms with van der Waals surface area (Å²) in [7, 11) is 0. The van der Waals surface area contributed by atoms with Crippen molar-refractivity contribution in [2.45, 2.75) is 46.1 Å². The van der Waals surface area contributed by atoms with Gasteiger partial charge in [0.25, 0.3) is 5.91 Å². The van der Waals surface area contributed by atoms with E-state index in [0.29, 0.717) is 11.4 Å². The third kappa shape index (κ3) is 4.21. The number of nitrogen functional groups attached to an aromatic ring is 1. The van der Waals surface area contributed by atoms with Gasteiger partial charge in [-0.25, -0.2) is 10.8 Å². The zero-order valence-corrected chi connectivity index (χ0v) is 12.0. The van der Waals surface area contributed by atoms with Crippen molar-refractivity contribution in [2.75, 3.05) is 12.0 Å². The number of hydrazine groups is 1. The molecule has 1 amide bonds. The number of hydrogen-bond acceptors (Lipinski definition) is 4. The Labute approximate surface area is 115 Å². The number of nitrogens with one attached hydrogen (secondary N) is 1. The molecule has 0 aromatic carbocycles. The summed E-state index contributed by atoms with van der Waals surface area (Å²) in [6, 6.07) is 3.71. The number of amides is 1. The first-order chi connectivity index (χ1) is 9.13. The molecule has 1 rings (SSSR count). The summed E-state index contributed by atoms with van der Waals surface area (Å²) in [4.78, 5) is 18.5. The van der Waals surface area contributed by atoms with Gasteiger partial charge in [0.2, 0.25) is 0 Å². The fourth-order valence-electron chi connectivity index (χ4n) is 1.84. The van der Waals surface area contributed by atoms with E-state index < -0.39 is 0 Å². The second kappa shape index (κ2) is 7.74. The molecule has 1 aromatic rings. The zero-order valence-electron chi connectivity index (χ0n) is 12.0. The van der Waals surface area contributed by atoms with Crippen LogP contribution in [0.2, 0.25) is 0 Å². The molecule has 0 aliphatic rings. The molecule has 0 fully saturated rings. The number of nitrogens with zero attached hydrogens (tertiary/aromatic N) is 2. The van der Waals surface area contributed by atoms with Gasteiger partial charge in [0, 0.05) is 18.8 Å². The molecule has 1 unspecified atom stereocenters. The average molecular weight is 264 g/mol. The van der Waals surface area contributed by atoms with Gasteiger partial charge in [-0.15, -0.1) is 0 Å². The van der Waals surface area contributed by atoms with Crippen LogP contribution in [0.25, 0.3) is 0 Å². The van der Waals surface area contributed by atoms with Crippen molar-refractivity contribution in [3.63, 3.8) is 0 Å². The molecule has 19 heavy (non-hydrogen) atoms. The maximum atomic E-state index is 12.5. The fraction of sp³-hybridized carbons (Fsp3) is 0.571. The van der Waals surface area contributed by atoms with Gasteiger partial charge in [-0.05, 0) is 31.9 Å². The Morgan fingerprint density at radius 2 is 2.21 bits per heavy atom. The Morgan fingerprint density at radius 3 is 2.68 bits per heavy atom. The molecule has 106 valence electrons. The highest BCUT2D eigenvalue weighted by molar-refractivity contribution is 5.94. The van der Waals surface area contributed by atoms with Gasteiger partial charge in [-0.1, -0.05) is 20.3 Å². The van der Waals surface area contributed by atoms with Crippen molar-refractivity contribution in [3.05, 3.63) is 23.9 Å². The molecule has 5 heteroatoms.